The van der Waals surface area contributed by atoms with Gasteiger partial charge in [0.1, 0.15) is 11.6 Å². The molecule has 0 saturated heterocycles. The second-order valence-corrected chi connectivity index (χ2v) is 13.0. The molecule has 1 N–H and O–H groups in total. The van der Waals surface area contributed by atoms with Crippen molar-refractivity contribution in [3.05, 3.63) is 205 Å². The van der Waals surface area contributed by atoms with Crippen LogP contribution in [0.5, 0.6) is 0 Å². The number of anilines is 6. The molecule has 7 aromatic carbocycles. The van der Waals surface area contributed by atoms with E-state index in [1.807, 2.05) is 109 Å². The van der Waals surface area contributed by atoms with Crippen LogP contribution in [0.4, 0.5) is 34.1 Å². The molecule has 0 aliphatic rings. The van der Waals surface area contributed by atoms with Crippen molar-refractivity contribution in [3.8, 4) is 40.2 Å². The fourth-order valence-electron chi connectivity index (χ4n) is 6.52. The number of benzene rings is 7. The summed E-state index contributed by atoms with van der Waals surface area (Å²) in [5.41, 5.74) is 8.62. The summed E-state index contributed by atoms with van der Waals surface area (Å²) in [6.07, 6.45) is 1.34. The average Bonchev–Trinajstić information content (AvgIpc) is 3.28. The lowest BCUT2D eigenvalue weighted by Gasteiger charge is -2.25. The summed E-state index contributed by atoms with van der Waals surface area (Å²) < 4.78 is 0. The summed E-state index contributed by atoms with van der Waals surface area (Å²) in [7, 11) is 0. The van der Waals surface area contributed by atoms with Gasteiger partial charge in [-0.25, -0.2) is 19.7 Å². The van der Waals surface area contributed by atoms with Crippen molar-refractivity contribution in [1.29, 1.82) is 5.26 Å². The zero-order chi connectivity index (χ0) is 39.0. The van der Waals surface area contributed by atoms with Gasteiger partial charge in [-0.05, 0) is 109 Å². The van der Waals surface area contributed by atoms with Gasteiger partial charge in [-0.2, -0.15) is 5.26 Å². The fourth-order valence-corrected chi connectivity index (χ4v) is 6.52. The number of carboxylic acids is 1. The van der Waals surface area contributed by atoms with Gasteiger partial charge in [-0.1, -0.05) is 97.1 Å². The highest BCUT2D eigenvalue weighted by Crippen LogP contribution is 2.37. The van der Waals surface area contributed by atoms with Gasteiger partial charge in [0.05, 0.1) is 0 Å². The Morgan fingerprint density at radius 3 is 1.00 bits per heavy atom. The Morgan fingerprint density at radius 1 is 0.439 bits per heavy atom. The smallest absolute Gasteiger partial charge is 0.346 e. The molecule has 8 rings (SSSR count). The van der Waals surface area contributed by atoms with Crippen LogP contribution in [0.15, 0.2) is 200 Å². The molecular weight excluding hydrogens is 705 g/mol. The standard InChI is InChI=1S/C49H34N6O2/c50-34-39(49(56)57)33-35-21-23-36(24-22-35)46-51-47(37-25-29-44(30-26-37)54(40-13-5-1-6-14-40)41-15-7-2-8-16-41)53-48(52-46)38-27-31-45(32-28-38)55(42-17-9-3-10-18-42)43-19-11-4-12-20-43/h1-33H,(H,56,57)/b39-33-. The van der Waals surface area contributed by atoms with Crippen LogP contribution in [-0.2, 0) is 4.79 Å². The van der Waals surface area contributed by atoms with Crippen LogP contribution in [0.2, 0.25) is 0 Å². The Kier molecular flexibility index (Phi) is 10.4. The molecule has 272 valence electrons. The number of aliphatic carboxylic acids is 1. The number of carbonyl (C=O) groups is 1. The number of hydrogen-bond donors (Lipinski definition) is 1. The highest BCUT2D eigenvalue weighted by Gasteiger charge is 2.17. The summed E-state index contributed by atoms with van der Waals surface area (Å²) in [5, 5.41) is 18.6. The maximum atomic E-state index is 11.5. The number of para-hydroxylation sites is 4. The van der Waals surface area contributed by atoms with E-state index in [1.165, 1.54) is 6.08 Å². The molecule has 0 amide bonds. The van der Waals surface area contributed by atoms with E-state index in [0.717, 1.165) is 45.3 Å². The molecule has 0 atom stereocenters. The van der Waals surface area contributed by atoms with Crippen LogP contribution in [0.25, 0.3) is 40.2 Å². The van der Waals surface area contributed by atoms with Gasteiger partial charge in [-0.3, -0.25) is 0 Å². The van der Waals surface area contributed by atoms with E-state index < -0.39 is 5.97 Å². The third kappa shape index (κ3) is 8.04. The van der Waals surface area contributed by atoms with Crippen molar-refractivity contribution in [3.63, 3.8) is 0 Å². The Bertz CT molecular complexity index is 2460. The number of nitrogens with zero attached hydrogens (tertiary/aromatic N) is 6. The minimum Gasteiger partial charge on any atom is -0.477 e. The van der Waals surface area contributed by atoms with Gasteiger partial charge in [-0.15, -0.1) is 0 Å². The topological polar surface area (TPSA) is 106 Å². The van der Waals surface area contributed by atoms with E-state index in [4.69, 9.17) is 15.0 Å². The summed E-state index contributed by atoms with van der Waals surface area (Å²) in [5.74, 6) is 0.154. The monoisotopic (exact) mass is 738 g/mol. The molecule has 0 spiro atoms. The Morgan fingerprint density at radius 2 is 0.719 bits per heavy atom. The Hall–Kier alpha value is -8.15. The highest BCUT2D eigenvalue weighted by molar-refractivity contribution is 5.96. The number of aromatic nitrogens is 3. The lowest BCUT2D eigenvalue weighted by Crippen LogP contribution is -2.09. The quantitative estimate of drug-likeness (QED) is 0.103. The van der Waals surface area contributed by atoms with E-state index >= 15 is 0 Å². The predicted octanol–water partition coefficient (Wildman–Crippen LogP) is 11.8. The largest absolute Gasteiger partial charge is 0.477 e. The van der Waals surface area contributed by atoms with Crippen molar-refractivity contribution in [2.24, 2.45) is 0 Å². The van der Waals surface area contributed by atoms with Crippen molar-refractivity contribution in [2.45, 2.75) is 0 Å². The van der Waals surface area contributed by atoms with E-state index in [-0.39, 0.29) is 5.57 Å². The molecule has 1 aromatic heterocycles. The van der Waals surface area contributed by atoms with Gasteiger partial charge < -0.3 is 14.9 Å². The van der Waals surface area contributed by atoms with Crippen molar-refractivity contribution < 1.29 is 9.90 Å². The SMILES string of the molecule is N#C/C(=C/c1ccc(-c2nc(-c3ccc(N(c4ccccc4)c4ccccc4)cc3)nc(-c3ccc(N(c4ccccc4)c4ccccc4)cc3)n2)cc1)C(=O)O. The van der Waals surface area contributed by atoms with Crippen LogP contribution >= 0.6 is 0 Å². The molecule has 0 unspecified atom stereocenters. The maximum Gasteiger partial charge on any atom is 0.346 e. The minimum absolute atomic E-state index is 0.351. The zero-order valence-corrected chi connectivity index (χ0v) is 30.6. The summed E-state index contributed by atoms with van der Waals surface area (Å²) in [6.45, 7) is 0. The Balaban J connectivity index is 1.20. The number of carboxylic acid groups (broad SMARTS) is 1. The van der Waals surface area contributed by atoms with E-state index in [2.05, 4.69) is 82.6 Å². The van der Waals surface area contributed by atoms with Crippen LogP contribution in [0.3, 0.4) is 0 Å². The molecule has 0 saturated carbocycles. The third-order valence-electron chi connectivity index (χ3n) is 9.29. The molecule has 8 heteroatoms. The Labute approximate surface area is 330 Å². The zero-order valence-electron chi connectivity index (χ0n) is 30.6. The van der Waals surface area contributed by atoms with Crippen molar-refractivity contribution in [2.75, 3.05) is 9.80 Å². The van der Waals surface area contributed by atoms with Crippen LogP contribution in [0.1, 0.15) is 5.56 Å². The normalized spacial score (nSPS) is 11.0. The molecule has 57 heavy (non-hydrogen) atoms. The first-order valence-electron chi connectivity index (χ1n) is 18.3. The molecule has 0 aliphatic carbocycles. The molecule has 8 aromatic rings. The molecule has 8 nitrogen and oxygen atoms in total. The fraction of sp³-hybridized carbons (Fsp3) is 0. The lowest BCUT2D eigenvalue weighted by atomic mass is 10.1. The lowest BCUT2D eigenvalue weighted by molar-refractivity contribution is -0.132. The average molecular weight is 739 g/mol. The van der Waals surface area contributed by atoms with E-state index in [0.29, 0.717) is 28.6 Å². The van der Waals surface area contributed by atoms with Crippen LogP contribution < -0.4 is 9.80 Å². The number of rotatable bonds is 11. The molecule has 0 aliphatic heterocycles. The first kappa shape index (κ1) is 35.9. The number of hydrogen-bond acceptors (Lipinski definition) is 7. The molecule has 0 radical (unpaired) electrons. The van der Waals surface area contributed by atoms with Gasteiger partial charge >= 0.3 is 5.97 Å². The van der Waals surface area contributed by atoms with Gasteiger partial charge in [0.2, 0.25) is 0 Å². The molecule has 0 bridgehead atoms. The summed E-state index contributed by atoms with van der Waals surface area (Å²) in [6, 6.07) is 66.0. The summed E-state index contributed by atoms with van der Waals surface area (Å²) in [4.78, 5) is 30.7. The van der Waals surface area contributed by atoms with Gasteiger partial charge in [0.25, 0.3) is 0 Å². The molecular formula is C49H34N6O2. The first-order chi connectivity index (χ1) is 28.0. The second-order valence-electron chi connectivity index (χ2n) is 13.0. The van der Waals surface area contributed by atoms with Gasteiger partial charge in [0.15, 0.2) is 17.5 Å². The van der Waals surface area contributed by atoms with Gasteiger partial charge in [0, 0.05) is 50.8 Å². The third-order valence-corrected chi connectivity index (χ3v) is 9.29. The maximum absolute atomic E-state index is 11.5. The predicted molar refractivity (Wildman–Crippen MR) is 227 cm³/mol. The molecule has 0 fully saturated rings. The minimum atomic E-state index is -1.28. The molecule has 1 heterocycles. The number of nitriles is 1. The van der Waals surface area contributed by atoms with E-state index in [1.54, 1.807) is 18.2 Å². The summed E-state index contributed by atoms with van der Waals surface area (Å²) >= 11 is 0. The van der Waals surface area contributed by atoms with Crippen molar-refractivity contribution >= 4 is 46.2 Å². The second kappa shape index (κ2) is 16.5. The highest BCUT2D eigenvalue weighted by atomic mass is 16.4. The van der Waals surface area contributed by atoms with Crippen LogP contribution in [-0.4, -0.2) is 26.0 Å². The van der Waals surface area contributed by atoms with E-state index in [9.17, 15) is 15.2 Å². The first-order valence-corrected chi connectivity index (χ1v) is 18.3. The van der Waals surface area contributed by atoms with Crippen molar-refractivity contribution in [1.82, 2.24) is 15.0 Å². The van der Waals surface area contributed by atoms with Crippen LogP contribution in [0, 0.1) is 11.3 Å².